The summed E-state index contributed by atoms with van der Waals surface area (Å²) in [6.07, 6.45) is 3.13. The van der Waals surface area contributed by atoms with E-state index in [-0.39, 0.29) is 0 Å². The Morgan fingerprint density at radius 2 is 1.38 bits per heavy atom. The lowest BCUT2D eigenvalue weighted by atomic mass is 10.0. The summed E-state index contributed by atoms with van der Waals surface area (Å²) < 4.78 is 8.36. The third-order valence-electron chi connectivity index (χ3n) is 6.73. The molecule has 162 valence electrons. The molecule has 0 saturated heterocycles. The molecular formula is C30H21N3O. The largest absolute Gasteiger partial charge is 0.455 e. The standard InChI is InChI=1S/C30H21N3O/c1-2-19-18-33-29(31-32-30(33)26-10-4-3-8-22(19)26)21-16-14-20(15-17-21)23-11-7-12-25-24-9-5-6-13-27(24)34-28(23)25/h3-18H,2H2,1H3. The molecule has 0 N–H and O–H groups in total. The monoisotopic (exact) mass is 439 g/mol. The molecule has 4 aromatic carbocycles. The summed E-state index contributed by atoms with van der Waals surface area (Å²) in [5.74, 6) is 0.851. The quantitative estimate of drug-likeness (QED) is 0.284. The van der Waals surface area contributed by atoms with Gasteiger partial charge in [0, 0.05) is 33.5 Å². The van der Waals surface area contributed by atoms with E-state index in [1.165, 1.54) is 10.9 Å². The van der Waals surface area contributed by atoms with Crippen LogP contribution in [0.1, 0.15) is 12.5 Å². The van der Waals surface area contributed by atoms with Crippen LogP contribution < -0.4 is 0 Å². The van der Waals surface area contributed by atoms with Gasteiger partial charge in [-0.3, -0.25) is 4.40 Å². The predicted molar refractivity (Wildman–Crippen MR) is 138 cm³/mol. The molecule has 0 saturated carbocycles. The second kappa shape index (κ2) is 7.29. The maximum absolute atomic E-state index is 6.24. The van der Waals surface area contributed by atoms with Crippen molar-refractivity contribution >= 4 is 38.4 Å². The van der Waals surface area contributed by atoms with Gasteiger partial charge < -0.3 is 4.42 Å². The van der Waals surface area contributed by atoms with Gasteiger partial charge in [0.05, 0.1) is 0 Å². The number of hydrogen-bond donors (Lipinski definition) is 0. The summed E-state index contributed by atoms with van der Waals surface area (Å²) in [5.41, 5.74) is 7.24. The van der Waals surface area contributed by atoms with Crippen molar-refractivity contribution in [2.24, 2.45) is 0 Å². The van der Waals surface area contributed by atoms with E-state index in [1.807, 2.05) is 12.1 Å². The highest BCUT2D eigenvalue weighted by Crippen LogP contribution is 2.36. The molecule has 0 bridgehead atoms. The number of furan rings is 1. The van der Waals surface area contributed by atoms with Crippen LogP contribution in [-0.4, -0.2) is 14.6 Å². The molecule has 7 rings (SSSR count). The Balaban J connectivity index is 1.37. The summed E-state index contributed by atoms with van der Waals surface area (Å²) in [4.78, 5) is 0. The molecular weight excluding hydrogens is 418 g/mol. The summed E-state index contributed by atoms with van der Waals surface area (Å²) in [6, 6.07) is 31.5. The van der Waals surface area contributed by atoms with Crippen LogP contribution >= 0.6 is 0 Å². The number of rotatable bonds is 3. The molecule has 0 amide bonds. The topological polar surface area (TPSA) is 43.3 Å². The van der Waals surface area contributed by atoms with Crippen LogP contribution in [0.5, 0.6) is 0 Å². The first kappa shape index (κ1) is 19.1. The molecule has 0 unspecified atom stereocenters. The summed E-state index contributed by atoms with van der Waals surface area (Å²) >= 11 is 0. The molecule has 0 radical (unpaired) electrons. The van der Waals surface area contributed by atoms with Crippen LogP contribution in [0.2, 0.25) is 0 Å². The first-order valence-corrected chi connectivity index (χ1v) is 11.6. The van der Waals surface area contributed by atoms with E-state index in [0.717, 1.165) is 61.9 Å². The van der Waals surface area contributed by atoms with E-state index in [4.69, 9.17) is 4.42 Å². The lowest BCUT2D eigenvalue weighted by Crippen LogP contribution is -1.95. The molecule has 4 nitrogen and oxygen atoms in total. The fourth-order valence-corrected chi connectivity index (χ4v) is 5.03. The number of fused-ring (bicyclic) bond motifs is 6. The lowest BCUT2D eigenvalue weighted by molar-refractivity contribution is 0.670. The maximum Gasteiger partial charge on any atom is 0.168 e. The van der Waals surface area contributed by atoms with Gasteiger partial charge in [-0.2, -0.15) is 0 Å². The molecule has 3 aromatic heterocycles. The minimum atomic E-state index is 0.851. The van der Waals surface area contributed by atoms with Gasteiger partial charge in [-0.1, -0.05) is 91.9 Å². The van der Waals surface area contributed by atoms with Gasteiger partial charge in [-0.25, -0.2) is 0 Å². The zero-order chi connectivity index (χ0) is 22.6. The Bertz CT molecular complexity index is 1840. The minimum absolute atomic E-state index is 0.851. The van der Waals surface area contributed by atoms with Crippen molar-refractivity contribution in [3.05, 3.63) is 103 Å². The maximum atomic E-state index is 6.24. The van der Waals surface area contributed by atoms with Gasteiger partial charge in [0.1, 0.15) is 11.2 Å². The van der Waals surface area contributed by atoms with Gasteiger partial charge in [0.25, 0.3) is 0 Å². The number of para-hydroxylation sites is 2. The van der Waals surface area contributed by atoms with Crippen LogP contribution in [0.25, 0.3) is 60.9 Å². The first-order valence-electron chi connectivity index (χ1n) is 11.6. The molecule has 0 aliphatic heterocycles. The van der Waals surface area contributed by atoms with Gasteiger partial charge in [-0.05, 0) is 29.0 Å². The fourth-order valence-electron chi connectivity index (χ4n) is 5.03. The molecule has 34 heavy (non-hydrogen) atoms. The zero-order valence-corrected chi connectivity index (χ0v) is 18.7. The Morgan fingerprint density at radius 1 is 0.676 bits per heavy atom. The second-order valence-electron chi connectivity index (χ2n) is 8.63. The van der Waals surface area contributed by atoms with Crippen molar-refractivity contribution in [3.63, 3.8) is 0 Å². The van der Waals surface area contributed by atoms with Crippen molar-refractivity contribution in [2.45, 2.75) is 13.3 Å². The molecule has 4 heteroatoms. The highest BCUT2D eigenvalue weighted by Gasteiger charge is 2.15. The number of hydrogen-bond acceptors (Lipinski definition) is 3. The van der Waals surface area contributed by atoms with E-state index in [9.17, 15) is 0 Å². The van der Waals surface area contributed by atoms with Crippen LogP contribution in [0.4, 0.5) is 0 Å². The third-order valence-corrected chi connectivity index (χ3v) is 6.73. The normalized spacial score (nSPS) is 11.8. The number of nitrogens with zero attached hydrogens (tertiary/aromatic N) is 3. The smallest absolute Gasteiger partial charge is 0.168 e. The lowest BCUT2D eigenvalue weighted by Gasteiger charge is -2.08. The van der Waals surface area contributed by atoms with Gasteiger partial charge in [0.15, 0.2) is 11.5 Å². The van der Waals surface area contributed by atoms with Gasteiger partial charge in [-0.15, -0.1) is 10.2 Å². The van der Waals surface area contributed by atoms with Crippen LogP contribution in [0.3, 0.4) is 0 Å². The Kier molecular flexibility index (Phi) is 4.09. The Morgan fingerprint density at radius 3 is 2.21 bits per heavy atom. The number of benzene rings is 4. The molecule has 0 aliphatic carbocycles. The van der Waals surface area contributed by atoms with Crippen molar-refractivity contribution < 1.29 is 4.42 Å². The SMILES string of the molecule is CCc1cn2c(-c3ccc(-c4cccc5c4oc4ccccc45)cc3)nnc2c2ccccc12. The Labute approximate surface area is 196 Å². The molecule has 7 aromatic rings. The molecule has 0 fully saturated rings. The van der Waals surface area contributed by atoms with Crippen molar-refractivity contribution in [1.82, 2.24) is 14.6 Å². The average molecular weight is 440 g/mol. The highest BCUT2D eigenvalue weighted by molar-refractivity contribution is 6.09. The van der Waals surface area contributed by atoms with E-state index in [1.54, 1.807) is 0 Å². The van der Waals surface area contributed by atoms with E-state index >= 15 is 0 Å². The number of pyridine rings is 1. The van der Waals surface area contributed by atoms with E-state index < -0.39 is 0 Å². The molecule has 0 atom stereocenters. The van der Waals surface area contributed by atoms with E-state index in [0.29, 0.717) is 0 Å². The fraction of sp³-hybridized carbons (Fsp3) is 0.0667. The second-order valence-corrected chi connectivity index (χ2v) is 8.63. The van der Waals surface area contributed by atoms with Gasteiger partial charge in [0.2, 0.25) is 0 Å². The highest BCUT2D eigenvalue weighted by atomic mass is 16.3. The van der Waals surface area contributed by atoms with Crippen LogP contribution in [-0.2, 0) is 6.42 Å². The summed E-state index contributed by atoms with van der Waals surface area (Å²) in [7, 11) is 0. The molecule has 0 spiro atoms. The first-order chi connectivity index (χ1) is 16.8. The third kappa shape index (κ3) is 2.72. The summed E-state index contributed by atoms with van der Waals surface area (Å²) in [5, 5.41) is 13.8. The predicted octanol–water partition coefficient (Wildman–Crippen LogP) is 7.68. The minimum Gasteiger partial charge on any atom is -0.455 e. The zero-order valence-electron chi connectivity index (χ0n) is 18.7. The number of aryl methyl sites for hydroxylation is 1. The van der Waals surface area contributed by atoms with Crippen molar-refractivity contribution in [1.29, 1.82) is 0 Å². The van der Waals surface area contributed by atoms with Crippen LogP contribution in [0, 0.1) is 0 Å². The van der Waals surface area contributed by atoms with E-state index in [2.05, 4.69) is 107 Å². The van der Waals surface area contributed by atoms with Crippen LogP contribution in [0.15, 0.2) is 102 Å². The van der Waals surface area contributed by atoms with Gasteiger partial charge >= 0.3 is 0 Å². The molecule has 3 heterocycles. The Hall–Kier alpha value is -4.44. The number of aromatic nitrogens is 3. The molecule has 0 aliphatic rings. The van der Waals surface area contributed by atoms with Crippen molar-refractivity contribution in [3.8, 4) is 22.5 Å². The average Bonchev–Trinajstić information content (AvgIpc) is 3.50. The van der Waals surface area contributed by atoms with Crippen molar-refractivity contribution in [2.75, 3.05) is 0 Å². The summed E-state index contributed by atoms with van der Waals surface area (Å²) in [6.45, 7) is 2.19.